The van der Waals surface area contributed by atoms with Gasteiger partial charge in [0.2, 0.25) is 21.9 Å². The summed E-state index contributed by atoms with van der Waals surface area (Å²) in [6.45, 7) is 8.82. The second kappa shape index (κ2) is 14.1. The lowest BCUT2D eigenvalue weighted by molar-refractivity contribution is 0.0124. The number of carbonyl (C=O) groups is 1. The summed E-state index contributed by atoms with van der Waals surface area (Å²) < 4.78 is 75.2. The van der Waals surface area contributed by atoms with Crippen LogP contribution in [0.15, 0.2) is 65.4 Å². The number of nitrogens with one attached hydrogen (secondary N) is 2. The first-order chi connectivity index (χ1) is 24.1. The summed E-state index contributed by atoms with van der Waals surface area (Å²) >= 11 is 0. The topological polar surface area (TPSA) is 162 Å². The minimum absolute atomic E-state index is 0.0690. The number of anilines is 2. The summed E-state index contributed by atoms with van der Waals surface area (Å²) in [5.41, 5.74) is 0.826. The van der Waals surface area contributed by atoms with Crippen LogP contribution in [0.1, 0.15) is 44.2 Å². The van der Waals surface area contributed by atoms with Crippen LogP contribution in [-0.2, 0) is 20.5 Å². The maximum atomic E-state index is 15.2. The van der Waals surface area contributed by atoms with Crippen molar-refractivity contribution in [3.63, 3.8) is 0 Å². The second-order valence-corrected chi connectivity index (χ2v) is 15.0. The molecular weight excluding hydrogens is 684 g/mol. The van der Waals surface area contributed by atoms with Gasteiger partial charge in [0.15, 0.2) is 0 Å². The van der Waals surface area contributed by atoms with Crippen LogP contribution in [0.4, 0.5) is 25.2 Å². The monoisotopic (exact) mass is 721 g/mol. The molecule has 1 aliphatic rings. The van der Waals surface area contributed by atoms with Gasteiger partial charge in [-0.2, -0.15) is 0 Å². The van der Waals surface area contributed by atoms with Crippen molar-refractivity contribution < 1.29 is 36.0 Å². The number of amides is 1. The maximum absolute atomic E-state index is 15.2. The molecule has 0 spiro atoms. The molecule has 1 amide bonds. The number of halogens is 2. The summed E-state index contributed by atoms with van der Waals surface area (Å²) in [6.07, 6.45) is 1.36. The van der Waals surface area contributed by atoms with Gasteiger partial charge in [-0.05, 0) is 70.5 Å². The number of fused-ring (bicyclic) bond motifs is 1. The molecule has 1 saturated heterocycles. The number of alkyl halides is 1. The Labute approximate surface area is 293 Å². The predicted octanol–water partition coefficient (Wildman–Crippen LogP) is 6.93. The second-order valence-electron chi connectivity index (χ2n) is 13.3. The zero-order valence-corrected chi connectivity index (χ0v) is 29.4. The van der Waals surface area contributed by atoms with Crippen LogP contribution in [0.2, 0.25) is 0 Å². The van der Waals surface area contributed by atoms with Crippen LogP contribution >= 0.6 is 0 Å². The first-order valence-electron chi connectivity index (χ1n) is 16.1. The molecule has 5 aromatic rings. The van der Waals surface area contributed by atoms with Crippen molar-refractivity contribution in [2.45, 2.75) is 64.6 Å². The number of ether oxygens (including phenoxy) is 2. The molecule has 4 heterocycles. The highest BCUT2D eigenvalue weighted by Gasteiger charge is 2.33. The number of carbonyl (C=O) groups excluding carboxylic acids is 1. The number of nitrogens with zero attached hydrogens (tertiary/aromatic N) is 5. The zero-order chi connectivity index (χ0) is 36.5. The van der Waals surface area contributed by atoms with Crippen molar-refractivity contribution in [3.8, 4) is 22.9 Å². The number of piperidine rings is 1. The number of pyridine rings is 1. The van der Waals surface area contributed by atoms with Crippen LogP contribution in [0.3, 0.4) is 0 Å². The third-order valence-corrected chi connectivity index (χ3v) is 9.05. The number of rotatable bonds is 9. The quantitative estimate of drug-likeness (QED) is 0.162. The third kappa shape index (κ3) is 8.51. The van der Waals surface area contributed by atoms with Crippen molar-refractivity contribution in [3.05, 3.63) is 83.8 Å². The van der Waals surface area contributed by atoms with E-state index in [1.165, 1.54) is 23.2 Å². The van der Waals surface area contributed by atoms with Gasteiger partial charge in [-0.25, -0.2) is 36.9 Å². The van der Waals surface area contributed by atoms with E-state index in [2.05, 4.69) is 30.1 Å². The third-order valence-electron chi connectivity index (χ3n) is 7.86. The molecule has 2 N–H and O–H groups in total. The summed E-state index contributed by atoms with van der Waals surface area (Å²) in [6, 6.07) is 12.1. The first-order valence-corrected chi connectivity index (χ1v) is 17.8. The highest BCUT2D eigenvalue weighted by atomic mass is 32.2. The lowest BCUT2D eigenvalue weighted by atomic mass is 10.0. The molecule has 0 aliphatic carbocycles. The summed E-state index contributed by atoms with van der Waals surface area (Å²) in [7, 11) is -4.08. The normalized spacial score (nSPS) is 16.6. The van der Waals surface area contributed by atoms with Gasteiger partial charge in [0, 0.05) is 48.2 Å². The molecule has 0 bridgehead atoms. The average Bonchev–Trinajstić information content (AvgIpc) is 3.46. The van der Waals surface area contributed by atoms with E-state index in [9.17, 15) is 17.6 Å². The van der Waals surface area contributed by atoms with Crippen molar-refractivity contribution in [1.29, 1.82) is 0 Å². The molecule has 51 heavy (non-hydrogen) atoms. The van der Waals surface area contributed by atoms with Gasteiger partial charge in [0.05, 0.1) is 23.5 Å². The molecule has 268 valence electrons. The smallest absolute Gasteiger partial charge is 0.410 e. The van der Waals surface area contributed by atoms with Gasteiger partial charge < -0.3 is 24.2 Å². The fourth-order valence-electron chi connectivity index (χ4n) is 5.71. The molecular formula is C35H37F2N7O6S. The minimum atomic E-state index is -4.08. The minimum Gasteiger partial charge on any atom is -0.444 e. The highest BCUT2D eigenvalue weighted by molar-refractivity contribution is 7.91. The molecule has 2 atom stereocenters. The summed E-state index contributed by atoms with van der Waals surface area (Å²) in [5, 5.41) is 7.57. The number of hydrogen-bond acceptors (Lipinski definition) is 11. The van der Waals surface area contributed by atoms with Gasteiger partial charge in [0.25, 0.3) is 0 Å². The maximum Gasteiger partial charge on any atom is 0.410 e. The van der Waals surface area contributed by atoms with Crippen molar-refractivity contribution in [2.24, 2.45) is 0 Å². The largest absolute Gasteiger partial charge is 0.444 e. The molecule has 0 radical (unpaired) electrons. The van der Waals surface area contributed by atoms with Crippen LogP contribution < -0.4 is 14.8 Å². The van der Waals surface area contributed by atoms with Gasteiger partial charge >= 0.3 is 6.09 Å². The molecule has 3 aromatic heterocycles. The predicted molar refractivity (Wildman–Crippen MR) is 186 cm³/mol. The van der Waals surface area contributed by atoms with E-state index in [4.69, 9.17) is 14.0 Å². The summed E-state index contributed by atoms with van der Waals surface area (Å²) in [5.74, 6) is -0.139. The van der Waals surface area contributed by atoms with Crippen LogP contribution in [0, 0.1) is 19.7 Å². The highest BCUT2D eigenvalue weighted by Crippen LogP contribution is 2.40. The number of sulfonamides is 1. The van der Waals surface area contributed by atoms with Crippen molar-refractivity contribution in [2.75, 3.05) is 23.1 Å². The fourth-order valence-corrected chi connectivity index (χ4v) is 6.83. The van der Waals surface area contributed by atoms with Crippen LogP contribution in [0.25, 0.3) is 22.0 Å². The number of likely N-dealkylation sites (tertiary alicyclic amines) is 1. The molecule has 6 rings (SSSR count). The molecule has 0 saturated carbocycles. The van der Waals surface area contributed by atoms with E-state index in [1.54, 1.807) is 71.1 Å². The molecule has 0 unspecified atom stereocenters. The number of aryl methyl sites for hydroxylation is 2. The Balaban J connectivity index is 1.26. The molecule has 1 aliphatic heterocycles. The van der Waals surface area contributed by atoms with E-state index < -0.39 is 45.5 Å². The number of aromatic nitrogens is 4. The van der Waals surface area contributed by atoms with E-state index in [0.717, 1.165) is 6.07 Å². The van der Waals surface area contributed by atoms with Gasteiger partial charge in [0.1, 0.15) is 40.5 Å². The SMILES string of the molecule is Cc1cc(CS(=O)(=O)Nc2c(F)ccc3c(Oc4ncccc4-c4ccnc(N[C@@H]5C[C@@H](F)CN(C(=O)OC(C)(C)C)C5)n4)c(C)ccc23)no1. The Kier molecular flexibility index (Phi) is 9.79. The van der Waals surface area contributed by atoms with Crippen LogP contribution in [-0.4, -0.2) is 70.4 Å². The molecule has 1 fully saturated rings. The standard InChI is InChI=1S/C35H37F2N7O6S/c1-20-8-9-25-26(10-11-28(37)30(25)43-51(46,47)19-24-15-21(2)50-42-24)31(20)48-32-27(7-6-13-38-32)29-12-14-39-33(41-29)40-23-16-22(36)17-44(18-23)34(45)49-35(3,4)5/h6-15,22-23,43H,16-19H2,1-5H3,(H,39,40,41)/t22-,23-/m1/s1. The molecule has 13 nitrogen and oxygen atoms in total. The van der Waals surface area contributed by atoms with Gasteiger partial charge in [-0.15, -0.1) is 0 Å². The van der Waals surface area contributed by atoms with Gasteiger partial charge in [-0.3, -0.25) is 4.72 Å². The molecule has 2 aromatic carbocycles. The first kappa shape index (κ1) is 35.4. The van der Waals surface area contributed by atoms with Gasteiger partial charge in [-0.1, -0.05) is 17.3 Å². The Morgan fingerprint density at radius 1 is 1.06 bits per heavy atom. The Morgan fingerprint density at radius 2 is 1.84 bits per heavy atom. The fraction of sp³-hybridized carbons (Fsp3) is 0.343. The Morgan fingerprint density at radius 3 is 2.59 bits per heavy atom. The van der Waals surface area contributed by atoms with Crippen LogP contribution in [0.5, 0.6) is 11.6 Å². The van der Waals surface area contributed by atoms with E-state index >= 15 is 4.39 Å². The number of hydrogen-bond donors (Lipinski definition) is 2. The van der Waals surface area contributed by atoms with Crippen molar-refractivity contribution in [1.82, 2.24) is 25.0 Å². The van der Waals surface area contributed by atoms with E-state index in [0.29, 0.717) is 33.7 Å². The average molecular weight is 722 g/mol. The lowest BCUT2D eigenvalue weighted by Gasteiger charge is -2.36. The summed E-state index contributed by atoms with van der Waals surface area (Å²) in [4.78, 5) is 27.4. The Hall–Kier alpha value is -5.38. The lowest BCUT2D eigenvalue weighted by Crippen LogP contribution is -2.51. The molecule has 16 heteroatoms. The van der Waals surface area contributed by atoms with E-state index in [-0.39, 0.29) is 48.1 Å². The zero-order valence-electron chi connectivity index (χ0n) is 28.6. The number of benzene rings is 2. The van der Waals surface area contributed by atoms with Crippen molar-refractivity contribution >= 4 is 38.5 Å². The Bertz CT molecular complexity index is 2190. The van der Waals surface area contributed by atoms with E-state index in [1.807, 2.05) is 0 Å².